The van der Waals surface area contributed by atoms with Gasteiger partial charge in [-0.1, -0.05) is 6.92 Å². The Hall–Kier alpha value is -0.900. The van der Waals surface area contributed by atoms with Gasteiger partial charge in [0.05, 0.1) is 18.1 Å². The molecule has 3 nitrogen and oxygen atoms in total. The van der Waals surface area contributed by atoms with Crippen LogP contribution in [0.3, 0.4) is 0 Å². The molecule has 12 heavy (non-hydrogen) atoms. The molecule has 0 N–H and O–H groups in total. The van der Waals surface area contributed by atoms with Crippen LogP contribution in [0.15, 0.2) is 23.2 Å². The Bertz CT molecular complexity index is 408. The normalized spacial score (nSPS) is 10.8. The van der Waals surface area contributed by atoms with Crippen LogP contribution in [0.2, 0.25) is 0 Å². The molecule has 0 spiro atoms. The molecular formula is C8H8BrN3. The number of aryl methyl sites for hydroxylation is 1. The summed E-state index contributed by atoms with van der Waals surface area (Å²) in [6, 6.07) is 0. The summed E-state index contributed by atoms with van der Waals surface area (Å²) in [5.74, 6) is 0. The second kappa shape index (κ2) is 2.86. The minimum absolute atomic E-state index is 0.890. The summed E-state index contributed by atoms with van der Waals surface area (Å²) in [4.78, 5) is 8.39. The lowest BCUT2D eigenvalue weighted by molar-refractivity contribution is 1.06. The van der Waals surface area contributed by atoms with E-state index in [0.717, 1.165) is 22.4 Å². The Morgan fingerprint density at radius 3 is 3.00 bits per heavy atom. The van der Waals surface area contributed by atoms with E-state index >= 15 is 0 Å². The molecule has 2 aromatic rings. The number of nitrogens with zero attached hydrogens (tertiary/aromatic N) is 3. The van der Waals surface area contributed by atoms with E-state index in [2.05, 4.69) is 32.8 Å². The van der Waals surface area contributed by atoms with Crippen LogP contribution in [0, 0.1) is 0 Å². The standard InChI is InChI=1S/C8H8BrN3/c1-2-6-5-12-7(9)3-10-4-8(12)11-6/h3-5H,2H2,1H3. The Balaban J connectivity index is 2.74. The molecule has 0 saturated heterocycles. The van der Waals surface area contributed by atoms with Gasteiger partial charge in [0.25, 0.3) is 0 Å². The fourth-order valence-electron chi connectivity index (χ4n) is 1.11. The maximum atomic E-state index is 4.36. The molecule has 2 rings (SSSR count). The molecule has 0 unspecified atom stereocenters. The van der Waals surface area contributed by atoms with Gasteiger partial charge in [-0.25, -0.2) is 4.98 Å². The summed E-state index contributed by atoms with van der Waals surface area (Å²) in [5.41, 5.74) is 1.98. The summed E-state index contributed by atoms with van der Waals surface area (Å²) in [5, 5.41) is 0. The molecule has 0 amide bonds. The second-order valence-corrected chi connectivity index (χ2v) is 3.36. The van der Waals surface area contributed by atoms with Gasteiger partial charge in [0.2, 0.25) is 0 Å². The first kappa shape index (κ1) is 7.73. The fourth-order valence-corrected chi connectivity index (χ4v) is 1.51. The SMILES string of the molecule is CCc1cn2c(Br)cncc2n1. The van der Waals surface area contributed by atoms with E-state index < -0.39 is 0 Å². The minimum atomic E-state index is 0.890. The highest BCUT2D eigenvalue weighted by atomic mass is 79.9. The predicted octanol–water partition coefficient (Wildman–Crippen LogP) is 2.05. The molecule has 0 radical (unpaired) electrons. The number of hydrogen-bond donors (Lipinski definition) is 0. The van der Waals surface area contributed by atoms with Gasteiger partial charge in [-0.2, -0.15) is 0 Å². The number of rotatable bonds is 1. The molecule has 0 aromatic carbocycles. The lowest BCUT2D eigenvalue weighted by Gasteiger charge is -1.93. The highest BCUT2D eigenvalue weighted by molar-refractivity contribution is 9.10. The molecule has 0 aliphatic carbocycles. The Morgan fingerprint density at radius 2 is 2.33 bits per heavy atom. The second-order valence-electron chi connectivity index (χ2n) is 2.54. The topological polar surface area (TPSA) is 30.2 Å². The summed E-state index contributed by atoms with van der Waals surface area (Å²) < 4.78 is 2.92. The van der Waals surface area contributed by atoms with Gasteiger partial charge in [-0.3, -0.25) is 9.38 Å². The molecule has 2 heterocycles. The molecule has 2 aromatic heterocycles. The van der Waals surface area contributed by atoms with E-state index in [-0.39, 0.29) is 0 Å². The largest absolute Gasteiger partial charge is 0.291 e. The number of imidazole rings is 1. The van der Waals surface area contributed by atoms with Crippen LogP contribution in [0.5, 0.6) is 0 Å². The van der Waals surface area contributed by atoms with Crippen LogP contribution in [0.25, 0.3) is 5.65 Å². The molecule has 4 heteroatoms. The third-order valence-corrected chi connectivity index (χ3v) is 2.33. The molecule has 0 aliphatic heterocycles. The van der Waals surface area contributed by atoms with Crippen LogP contribution in [0.1, 0.15) is 12.6 Å². The van der Waals surface area contributed by atoms with Crippen molar-refractivity contribution in [2.45, 2.75) is 13.3 Å². The highest BCUT2D eigenvalue weighted by Crippen LogP contribution is 2.12. The predicted molar refractivity (Wildman–Crippen MR) is 50.1 cm³/mol. The number of aromatic nitrogens is 3. The molecule has 0 fully saturated rings. The Morgan fingerprint density at radius 1 is 1.50 bits per heavy atom. The van der Waals surface area contributed by atoms with Gasteiger partial charge < -0.3 is 0 Å². The summed E-state index contributed by atoms with van der Waals surface area (Å²) in [6.07, 6.45) is 6.48. The van der Waals surface area contributed by atoms with Crippen molar-refractivity contribution in [2.75, 3.05) is 0 Å². The monoisotopic (exact) mass is 225 g/mol. The average Bonchev–Trinajstić information content (AvgIpc) is 2.49. The third-order valence-electron chi connectivity index (χ3n) is 1.75. The smallest absolute Gasteiger partial charge is 0.156 e. The van der Waals surface area contributed by atoms with Crippen LogP contribution in [-0.2, 0) is 6.42 Å². The Labute approximate surface area is 78.6 Å². The zero-order chi connectivity index (χ0) is 8.55. The summed E-state index contributed by atoms with van der Waals surface area (Å²) in [7, 11) is 0. The summed E-state index contributed by atoms with van der Waals surface area (Å²) in [6.45, 7) is 2.09. The van der Waals surface area contributed by atoms with E-state index in [9.17, 15) is 0 Å². The number of halogens is 1. The summed E-state index contributed by atoms with van der Waals surface area (Å²) >= 11 is 3.40. The van der Waals surface area contributed by atoms with E-state index in [1.165, 1.54) is 0 Å². The van der Waals surface area contributed by atoms with Gasteiger partial charge >= 0.3 is 0 Å². The fraction of sp³-hybridized carbons (Fsp3) is 0.250. The van der Waals surface area contributed by atoms with Crippen molar-refractivity contribution >= 4 is 21.6 Å². The van der Waals surface area contributed by atoms with Crippen molar-refractivity contribution in [2.24, 2.45) is 0 Å². The van der Waals surface area contributed by atoms with Crippen LogP contribution >= 0.6 is 15.9 Å². The first-order valence-electron chi connectivity index (χ1n) is 3.78. The lowest BCUT2D eigenvalue weighted by Crippen LogP contribution is -1.85. The van der Waals surface area contributed by atoms with Crippen molar-refractivity contribution in [1.82, 2.24) is 14.4 Å². The van der Waals surface area contributed by atoms with E-state index in [0.29, 0.717) is 0 Å². The van der Waals surface area contributed by atoms with E-state index in [4.69, 9.17) is 0 Å². The lowest BCUT2D eigenvalue weighted by atomic mass is 10.4. The third kappa shape index (κ3) is 1.12. The minimum Gasteiger partial charge on any atom is -0.291 e. The van der Waals surface area contributed by atoms with Crippen molar-refractivity contribution in [3.05, 3.63) is 28.9 Å². The Kier molecular flexibility index (Phi) is 1.84. The van der Waals surface area contributed by atoms with Gasteiger partial charge in [-0.15, -0.1) is 0 Å². The van der Waals surface area contributed by atoms with Crippen LogP contribution in [-0.4, -0.2) is 14.4 Å². The van der Waals surface area contributed by atoms with Crippen LogP contribution < -0.4 is 0 Å². The van der Waals surface area contributed by atoms with Crippen molar-refractivity contribution in [3.8, 4) is 0 Å². The maximum absolute atomic E-state index is 4.36. The van der Waals surface area contributed by atoms with E-state index in [1.807, 2.05) is 10.6 Å². The number of hydrogen-bond acceptors (Lipinski definition) is 2. The highest BCUT2D eigenvalue weighted by Gasteiger charge is 2.01. The molecule has 0 aliphatic rings. The first-order chi connectivity index (χ1) is 5.81. The van der Waals surface area contributed by atoms with E-state index in [1.54, 1.807) is 12.4 Å². The van der Waals surface area contributed by atoms with Crippen molar-refractivity contribution in [1.29, 1.82) is 0 Å². The van der Waals surface area contributed by atoms with Gasteiger partial charge in [-0.05, 0) is 22.4 Å². The van der Waals surface area contributed by atoms with Crippen molar-refractivity contribution < 1.29 is 0 Å². The molecule has 0 atom stereocenters. The first-order valence-corrected chi connectivity index (χ1v) is 4.58. The molecule has 0 saturated carbocycles. The van der Waals surface area contributed by atoms with Gasteiger partial charge in [0.15, 0.2) is 5.65 Å². The maximum Gasteiger partial charge on any atom is 0.156 e. The quantitative estimate of drug-likeness (QED) is 0.744. The molecule has 0 bridgehead atoms. The zero-order valence-electron chi connectivity index (χ0n) is 6.66. The molecular weight excluding hydrogens is 218 g/mol. The average molecular weight is 226 g/mol. The van der Waals surface area contributed by atoms with Gasteiger partial charge in [0.1, 0.15) is 4.60 Å². The van der Waals surface area contributed by atoms with Crippen molar-refractivity contribution in [3.63, 3.8) is 0 Å². The van der Waals surface area contributed by atoms with Crippen LogP contribution in [0.4, 0.5) is 0 Å². The van der Waals surface area contributed by atoms with Gasteiger partial charge in [0, 0.05) is 6.20 Å². The number of fused-ring (bicyclic) bond motifs is 1. The molecule has 62 valence electrons. The zero-order valence-corrected chi connectivity index (χ0v) is 8.24.